The zero-order valence-corrected chi connectivity index (χ0v) is 14.8. The third-order valence-corrected chi connectivity index (χ3v) is 4.31. The van der Waals surface area contributed by atoms with Crippen LogP contribution in [0.1, 0.15) is 28.7 Å². The fourth-order valence-corrected chi connectivity index (χ4v) is 2.72. The van der Waals surface area contributed by atoms with Gasteiger partial charge in [-0.25, -0.2) is 14.8 Å². The molecular weight excluding hydrogens is 332 g/mol. The molecule has 1 amide bonds. The number of amides is 1. The lowest BCUT2D eigenvalue weighted by Gasteiger charge is -2.33. The first-order valence-corrected chi connectivity index (χ1v) is 8.61. The molecule has 0 unspecified atom stereocenters. The van der Waals surface area contributed by atoms with Gasteiger partial charge in [0.1, 0.15) is 12.4 Å². The van der Waals surface area contributed by atoms with Gasteiger partial charge in [-0.1, -0.05) is 30.3 Å². The van der Waals surface area contributed by atoms with Crippen LogP contribution >= 0.6 is 0 Å². The second kappa shape index (κ2) is 8.53. The van der Waals surface area contributed by atoms with Crippen molar-refractivity contribution in [2.45, 2.75) is 20.1 Å². The summed E-state index contributed by atoms with van der Waals surface area (Å²) in [5.74, 6) is 0.634. The van der Waals surface area contributed by atoms with Crippen molar-refractivity contribution in [1.82, 2.24) is 19.8 Å². The number of ether oxygens (including phenoxy) is 1. The molecule has 2 aromatic rings. The zero-order chi connectivity index (χ0) is 18.4. The van der Waals surface area contributed by atoms with Gasteiger partial charge in [-0.3, -0.25) is 9.69 Å². The van der Waals surface area contributed by atoms with Crippen molar-refractivity contribution in [2.24, 2.45) is 0 Å². The van der Waals surface area contributed by atoms with E-state index in [1.807, 2.05) is 30.3 Å². The number of carbonyl (C=O) groups is 2. The van der Waals surface area contributed by atoms with Crippen LogP contribution < -0.4 is 0 Å². The molecule has 1 fully saturated rings. The Bertz CT molecular complexity index is 741. The van der Waals surface area contributed by atoms with Crippen molar-refractivity contribution >= 4 is 11.9 Å². The van der Waals surface area contributed by atoms with E-state index in [1.165, 1.54) is 6.92 Å². The molecule has 1 aromatic carbocycles. The van der Waals surface area contributed by atoms with Crippen LogP contribution in [0, 0.1) is 0 Å². The minimum atomic E-state index is -0.282. The van der Waals surface area contributed by atoms with Crippen molar-refractivity contribution in [3.05, 3.63) is 59.7 Å². The third-order valence-electron chi connectivity index (χ3n) is 4.31. The van der Waals surface area contributed by atoms with Crippen LogP contribution in [0.4, 0.5) is 4.79 Å². The van der Waals surface area contributed by atoms with Gasteiger partial charge in [0.15, 0.2) is 5.78 Å². The monoisotopic (exact) mass is 354 g/mol. The summed E-state index contributed by atoms with van der Waals surface area (Å²) in [6.45, 7) is 5.07. The lowest BCUT2D eigenvalue weighted by Crippen LogP contribution is -2.48. The van der Waals surface area contributed by atoms with Crippen LogP contribution in [-0.4, -0.2) is 57.8 Å². The van der Waals surface area contributed by atoms with Crippen molar-refractivity contribution in [3.8, 4) is 0 Å². The Labute approximate surface area is 152 Å². The average molecular weight is 354 g/mol. The fraction of sp³-hybridized carbons (Fsp3) is 0.368. The second-order valence-electron chi connectivity index (χ2n) is 6.25. The third kappa shape index (κ3) is 4.86. The highest BCUT2D eigenvalue weighted by molar-refractivity contribution is 5.93. The molecule has 1 aliphatic rings. The molecule has 0 radical (unpaired) electrons. The van der Waals surface area contributed by atoms with Crippen molar-refractivity contribution in [3.63, 3.8) is 0 Å². The van der Waals surface area contributed by atoms with E-state index in [0.717, 1.165) is 18.7 Å². The average Bonchev–Trinajstić information content (AvgIpc) is 2.68. The smallest absolute Gasteiger partial charge is 0.410 e. The van der Waals surface area contributed by atoms with Crippen molar-refractivity contribution in [1.29, 1.82) is 0 Å². The lowest BCUT2D eigenvalue weighted by atomic mass is 10.2. The van der Waals surface area contributed by atoms with Crippen LogP contribution in [0.2, 0.25) is 0 Å². The van der Waals surface area contributed by atoms with Gasteiger partial charge in [0.05, 0.1) is 12.1 Å². The highest BCUT2D eigenvalue weighted by Crippen LogP contribution is 2.09. The Morgan fingerprint density at radius 2 is 1.69 bits per heavy atom. The predicted octanol–water partition coefficient (Wildman–Crippen LogP) is 2.13. The van der Waals surface area contributed by atoms with E-state index < -0.39 is 0 Å². The number of ketones is 1. The molecule has 26 heavy (non-hydrogen) atoms. The Balaban J connectivity index is 1.43. The van der Waals surface area contributed by atoms with Gasteiger partial charge in [-0.2, -0.15) is 0 Å². The Hall–Kier alpha value is -2.80. The number of carbonyl (C=O) groups excluding carboxylic acids is 2. The molecule has 1 saturated heterocycles. The number of nitrogens with zero attached hydrogens (tertiary/aromatic N) is 4. The molecule has 136 valence electrons. The molecule has 3 rings (SSSR count). The Morgan fingerprint density at radius 1 is 1.04 bits per heavy atom. The summed E-state index contributed by atoms with van der Waals surface area (Å²) in [7, 11) is 0. The SMILES string of the molecule is CC(=O)c1cnc(CN2CCN(C(=O)OCc3ccccc3)CC2)nc1. The summed E-state index contributed by atoms with van der Waals surface area (Å²) in [5.41, 5.74) is 1.49. The number of aromatic nitrogens is 2. The molecule has 0 aliphatic carbocycles. The van der Waals surface area contributed by atoms with E-state index in [0.29, 0.717) is 31.0 Å². The minimum absolute atomic E-state index is 0.0424. The highest BCUT2D eigenvalue weighted by Gasteiger charge is 2.22. The van der Waals surface area contributed by atoms with E-state index >= 15 is 0 Å². The summed E-state index contributed by atoms with van der Waals surface area (Å²) in [6.07, 6.45) is 2.83. The normalized spacial score (nSPS) is 14.9. The van der Waals surface area contributed by atoms with Gasteiger partial charge in [-0.05, 0) is 12.5 Å². The summed E-state index contributed by atoms with van der Waals surface area (Å²) in [6, 6.07) is 9.65. The number of piperazine rings is 1. The highest BCUT2D eigenvalue weighted by atomic mass is 16.6. The molecule has 0 saturated carbocycles. The van der Waals surface area contributed by atoms with Gasteiger partial charge in [0.25, 0.3) is 0 Å². The first-order valence-electron chi connectivity index (χ1n) is 8.61. The molecule has 1 aliphatic heterocycles. The molecule has 0 spiro atoms. The van der Waals surface area contributed by atoms with E-state index in [4.69, 9.17) is 4.74 Å². The largest absolute Gasteiger partial charge is 0.445 e. The molecule has 1 aromatic heterocycles. The van der Waals surface area contributed by atoms with Gasteiger partial charge in [0, 0.05) is 38.6 Å². The maximum Gasteiger partial charge on any atom is 0.410 e. The Morgan fingerprint density at radius 3 is 2.31 bits per heavy atom. The minimum Gasteiger partial charge on any atom is -0.445 e. The number of benzene rings is 1. The summed E-state index contributed by atoms with van der Waals surface area (Å²) >= 11 is 0. The van der Waals surface area contributed by atoms with E-state index in [1.54, 1.807) is 17.3 Å². The number of rotatable bonds is 5. The maximum absolute atomic E-state index is 12.2. The molecular formula is C19H22N4O3. The van der Waals surface area contributed by atoms with Crippen molar-refractivity contribution < 1.29 is 14.3 Å². The predicted molar refractivity (Wildman–Crippen MR) is 95.5 cm³/mol. The van der Waals surface area contributed by atoms with Crippen LogP contribution in [0.5, 0.6) is 0 Å². The van der Waals surface area contributed by atoms with Crippen molar-refractivity contribution in [2.75, 3.05) is 26.2 Å². The number of hydrogen-bond acceptors (Lipinski definition) is 6. The van der Waals surface area contributed by atoms with Crippen LogP contribution in [0.3, 0.4) is 0 Å². The summed E-state index contributed by atoms with van der Waals surface area (Å²) in [4.78, 5) is 35.8. The molecule has 0 atom stereocenters. The van der Waals surface area contributed by atoms with E-state index in [9.17, 15) is 9.59 Å². The maximum atomic E-state index is 12.2. The fourth-order valence-electron chi connectivity index (χ4n) is 2.72. The lowest BCUT2D eigenvalue weighted by molar-refractivity contribution is 0.0695. The van der Waals surface area contributed by atoms with E-state index in [-0.39, 0.29) is 18.5 Å². The van der Waals surface area contributed by atoms with Crippen LogP contribution in [0.15, 0.2) is 42.7 Å². The quantitative estimate of drug-likeness (QED) is 0.766. The van der Waals surface area contributed by atoms with Gasteiger partial charge in [-0.15, -0.1) is 0 Å². The van der Waals surface area contributed by atoms with Crippen LogP contribution in [0.25, 0.3) is 0 Å². The number of hydrogen-bond donors (Lipinski definition) is 0. The molecule has 7 heteroatoms. The number of Topliss-reactive ketones (excluding diaryl/α,β-unsaturated/α-hetero) is 1. The van der Waals surface area contributed by atoms with Gasteiger partial charge in [0.2, 0.25) is 0 Å². The Kier molecular flexibility index (Phi) is 5.91. The molecule has 0 N–H and O–H groups in total. The van der Waals surface area contributed by atoms with E-state index in [2.05, 4.69) is 14.9 Å². The summed E-state index contributed by atoms with van der Waals surface area (Å²) in [5, 5.41) is 0. The summed E-state index contributed by atoms with van der Waals surface area (Å²) < 4.78 is 5.37. The second-order valence-corrected chi connectivity index (χ2v) is 6.25. The zero-order valence-electron chi connectivity index (χ0n) is 14.8. The topological polar surface area (TPSA) is 75.6 Å². The first-order chi connectivity index (χ1) is 12.6. The first kappa shape index (κ1) is 18.0. The molecule has 0 bridgehead atoms. The molecule has 2 heterocycles. The van der Waals surface area contributed by atoms with Gasteiger partial charge >= 0.3 is 6.09 Å². The standard InChI is InChI=1S/C19H22N4O3/c1-15(24)17-11-20-18(21-12-17)13-22-7-9-23(10-8-22)19(25)26-14-16-5-3-2-4-6-16/h2-6,11-12H,7-10,13-14H2,1H3. The van der Waals surface area contributed by atoms with Gasteiger partial charge < -0.3 is 9.64 Å². The van der Waals surface area contributed by atoms with Crippen LogP contribution in [-0.2, 0) is 17.9 Å². The molecule has 7 nitrogen and oxygen atoms in total.